The highest BCUT2D eigenvalue weighted by atomic mass is 32.1. The Hall–Kier alpha value is -3.04. The van der Waals surface area contributed by atoms with Gasteiger partial charge in [0.25, 0.3) is 5.91 Å². The van der Waals surface area contributed by atoms with Crippen LogP contribution in [0.4, 0.5) is 5.00 Å². The van der Waals surface area contributed by atoms with E-state index in [2.05, 4.69) is 24.1 Å². The van der Waals surface area contributed by atoms with Crippen molar-refractivity contribution >= 4 is 34.2 Å². The van der Waals surface area contributed by atoms with Crippen molar-refractivity contribution in [2.45, 2.75) is 32.9 Å². The number of hydrogen-bond donors (Lipinski definition) is 2. The Bertz CT molecular complexity index is 1020. The standard InChI is InChI=1S/C23H29N3O5S/c1-13(2)26-9-8-15-18(12-26)32-23(20(15)22(24)28)25-19(27)7-6-14-10-16(29-3)21(31-5)17(11-14)30-4/h6-7,10-11,13H,8-9,12H2,1-5H3,(H2,24,28)(H,25,27)/b7-6+. The normalized spacial score (nSPS) is 13.8. The Kier molecular flexibility index (Phi) is 7.42. The van der Waals surface area contributed by atoms with Crippen molar-refractivity contribution in [3.05, 3.63) is 39.8 Å². The Balaban J connectivity index is 1.82. The number of anilines is 1. The second kappa shape index (κ2) is 10.1. The van der Waals surface area contributed by atoms with Crippen LogP contribution in [0.5, 0.6) is 17.2 Å². The van der Waals surface area contributed by atoms with Gasteiger partial charge in [-0.3, -0.25) is 14.5 Å². The van der Waals surface area contributed by atoms with E-state index in [-0.39, 0.29) is 5.91 Å². The second-order valence-corrected chi connectivity index (χ2v) is 8.77. The smallest absolute Gasteiger partial charge is 0.251 e. The molecule has 0 aliphatic carbocycles. The molecule has 2 aromatic rings. The molecule has 1 aliphatic rings. The lowest BCUT2D eigenvalue weighted by atomic mass is 10.0. The molecule has 1 aromatic carbocycles. The van der Waals surface area contributed by atoms with Crippen LogP contribution in [0.1, 0.15) is 40.2 Å². The Morgan fingerprint density at radius 3 is 2.34 bits per heavy atom. The molecule has 172 valence electrons. The first kappa shape index (κ1) is 23.6. The van der Waals surface area contributed by atoms with Crippen molar-refractivity contribution in [3.63, 3.8) is 0 Å². The summed E-state index contributed by atoms with van der Waals surface area (Å²) in [5.41, 5.74) is 7.72. The number of methoxy groups -OCH3 is 3. The summed E-state index contributed by atoms with van der Waals surface area (Å²) in [5, 5.41) is 3.32. The molecule has 0 fully saturated rings. The van der Waals surface area contributed by atoms with E-state index in [1.54, 1.807) is 18.2 Å². The molecule has 2 heterocycles. The number of hydrogen-bond acceptors (Lipinski definition) is 7. The molecule has 0 unspecified atom stereocenters. The number of benzene rings is 1. The zero-order valence-corrected chi connectivity index (χ0v) is 19.8. The van der Waals surface area contributed by atoms with E-state index in [1.807, 2.05) is 0 Å². The topological polar surface area (TPSA) is 103 Å². The van der Waals surface area contributed by atoms with E-state index in [0.29, 0.717) is 39.4 Å². The van der Waals surface area contributed by atoms with Gasteiger partial charge in [-0.2, -0.15) is 0 Å². The van der Waals surface area contributed by atoms with Crippen molar-refractivity contribution in [1.29, 1.82) is 0 Å². The average Bonchev–Trinajstić information content (AvgIpc) is 3.13. The molecular weight excluding hydrogens is 430 g/mol. The fourth-order valence-corrected chi connectivity index (χ4v) is 5.02. The van der Waals surface area contributed by atoms with Crippen LogP contribution in [-0.4, -0.2) is 50.6 Å². The summed E-state index contributed by atoms with van der Waals surface area (Å²) in [6, 6.07) is 3.89. The lowest BCUT2D eigenvalue weighted by Crippen LogP contribution is -2.35. The molecule has 1 aromatic heterocycles. The molecule has 8 nitrogen and oxygen atoms in total. The van der Waals surface area contributed by atoms with Crippen LogP contribution < -0.4 is 25.3 Å². The van der Waals surface area contributed by atoms with Gasteiger partial charge in [0.2, 0.25) is 11.7 Å². The number of nitrogens with two attached hydrogens (primary N) is 1. The second-order valence-electron chi connectivity index (χ2n) is 7.67. The average molecular weight is 460 g/mol. The maximum Gasteiger partial charge on any atom is 0.251 e. The minimum atomic E-state index is -0.524. The van der Waals surface area contributed by atoms with Crippen LogP contribution in [0.3, 0.4) is 0 Å². The number of thiophene rings is 1. The van der Waals surface area contributed by atoms with Gasteiger partial charge in [0, 0.05) is 30.1 Å². The molecule has 9 heteroatoms. The first-order chi connectivity index (χ1) is 15.3. The van der Waals surface area contributed by atoms with Crippen LogP contribution in [-0.2, 0) is 17.8 Å². The maximum absolute atomic E-state index is 12.6. The van der Waals surface area contributed by atoms with Gasteiger partial charge in [-0.25, -0.2) is 0 Å². The largest absolute Gasteiger partial charge is 0.493 e. The van der Waals surface area contributed by atoms with Gasteiger partial charge in [-0.05, 0) is 49.6 Å². The highest BCUT2D eigenvalue weighted by molar-refractivity contribution is 7.17. The van der Waals surface area contributed by atoms with E-state index < -0.39 is 5.91 Å². The Morgan fingerprint density at radius 2 is 1.81 bits per heavy atom. The van der Waals surface area contributed by atoms with Gasteiger partial charge in [0.05, 0.1) is 26.9 Å². The van der Waals surface area contributed by atoms with E-state index in [4.69, 9.17) is 19.9 Å². The summed E-state index contributed by atoms with van der Waals surface area (Å²) in [7, 11) is 4.59. The minimum absolute atomic E-state index is 0.361. The zero-order valence-electron chi connectivity index (χ0n) is 19.0. The lowest BCUT2D eigenvalue weighted by molar-refractivity contribution is -0.111. The number of amides is 2. The molecule has 0 saturated heterocycles. The summed E-state index contributed by atoms with van der Waals surface area (Å²) in [6.07, 6.45) is 3.77. The van der Waals surface area contributed by atoms with Crippen LogP contribution >= 0.6 is 11.3 Å². The molecular formula is C23H29N3O5S. The molecule has 0 radical (unpaired) electrons. The fraction of sp³-hybridized carbons (Fsp3) is 0.391. The van der Waals surface area contributed by atoms with Crippen LogP contribution in [0, 0.1) is 0 Å². The summed E-state index contributed by atoms with van der Waals surface area (Å²) in [5.74, 6) is 0.569. The van der Waals surface area contributed by atoms with Crippen molar-refractivity contribution in [1.82, 2.24) is 4.90 Å². The zero-order chi connectivity index (χ0) is 23.4. The molecule has 32 heavy (non-hydrogen) atoms. The number of rotatable bonds is 8. The van der Waals surface area contributed by atoms with Crippen molar-refractivity contribution in [3.8, 4) is 17.2 Å². The number of ether oxygens (including phenoxy) is 3. The minimum Gasteiger partial charge on any atom is -0.493 e. The van der Waals surface area contributed by atoms with Gasteiger partial charge in [-0.15, -0.1) is 11.3 Å². The predicted molar refractivity (Wildman–Crippen MR) is 126 cm³/mol. The van der Waals surface area contributed by atoms with Crippen LogP contribution in [0.2, 0.25) is 0 Å². The number of nitrogens with zero attached hydrogens (tertiary/aromatic N) is 1. The first-order valence-electron chi connectivity index (χ1n) is 10.3. The summed E-state index contributed by atoms with van der Waals surface area (Å²) < 4.78 is 16.0. The van der Waals surface area contributed by atoms with Crippen LogP contribution in [0.25, 0.3) is 6.08 Å². The molecule has 0 saturated carbocycles. The van der Waals surface area contributed by atoms with Gasteiger partial charge >= 0.3 is 0 Å². The number of fused-ring (bicyclic) bond motifs is 1. The van der Waals surface area contributed by atoms with Crippen molar-refractivity contribution in [2.75, 3.05) is 33.2 Å². The highest BCUT2D eigenvalue weighted by Gasteiger charge is 2.28. The SMILES string of the molecule is COc1cc(/C=C/C(=O)Nc2sc3c(c2C(N)=O)CCN(C(C)C)C3)cc(OC)c1OC. The summed E-state index contributed by atoms with van der Waals surface area (Å²) in [4.78, 5) is 28.2. The Labute approximate surface area is 191 Å². The monoisotopic (exact) mass is 459 g/mol. The highest BCUT2D eigenvalue weighted by Crippen LogP contribution is 2.39. The van der Waals surface area contributed by atoms with Gasteiger partial charge in [-0.1, -0.05) is 0 Å². The molecule has 0 spiro atoms. The quantitative estimate of drug-likeness (QED) is 0.587. The number of carbonyl (C=O) groups excluding carboxylic acids is 2. The summed E-state index contributed by atoms with van der Waals surface area (Å²) >= 11 is 1.41. The third-order valence-corrected chi connectivity index (χ3v) is 6.55. The van der Waals surface area contributed by atoms with E-state index >= 15 is 0 Å². The molecule has 2 amide bonds. The maximum atomic E-state index is 12.6. The number of carbonyl (C=O) groups is 2. The summed E-state index contributed by atoms with van der Waals surface area (Å²) in [6.45, 7) is 5.89. The van der Waals surface area contributed by atoms with Crippen LogP contribution in [0.15, 0.2) is 18.2 Å². The third-order valence-electron chi connectivity index (χ3n) is 5.41. The molecule has 3 N–H and O–H groups in total. The third kappa shape index (κ3) is 4.89. The fourth-order valence-electron chi connectivity index (χ4n) is 3.74. The first-order valence-corrected chi connectivity index (χ1v) is 11.1. The van der Waals surface area contributed by atoms with E-state index in [9.17, 15) is 9.59 Å². The van der Waals surface area contributed by atoms with Crippen molar-refractivity contribution < 1.29 is 23.8 Å². The molecule has 0 bridgehead atoms. The van der Waals surface area contributed by atoms with Gasteiger partial charge < -0.3 is 25.3 Å². The van der Waals surface area contributed by atoms with Crippen molar-refractivity contribution in [2.24, 2.45) is 5.73 Å². The number of nitrogens with one attached hydrogen (secondary N) is 1. The lowest BCUT2D eigenvalue weighted by Gasteiger charge is -2.30. The molecule has 0 atom stereocenters. The predicted octanol–water partition coefficient (Wildman–Crippen LogP) is 3.29. The van der Waals surface area contributed by atoms with E-state index in [0.717, 1.165) is 30.0 Å². The number of primary amides is 1. The molecule has 1 aliphatic heterocycles. The Morgan fingerprint density at radius 1 is 1.16 bits per heavy atom. The van der Waals surface area contributed by atoms with Gasteiger partial charge in [0.1, 0.15) is 5.00 Å². The molecule has 3 rings (SSSR count). The van der Waals surface area contributed by atoms with Gasteiger partial charge in [0.15, 0.2) is 11.5 Å². The van der Waals surface area contributed by atoms with E-state index in [1.165, 1.54) is 38.7 Å².